The first-order chi connectivity index (χ1) is 7.13. The Balaban J connectivity index is 2.63. The van der Waals surface area contributed by atoms with Gasteiger partial charge in [0.1, 0.15) is 5.82 Å². The molecule has 0 aliphatic heterocycles. The van der Waals surface area contributed by atoms with E-state index in [1.807, 2.05) is 6.92 Å². The topological polar surface area (TPSA) is 43.1 Å². The van der Waals surface area contributed by atoms with Gasteiger partial charge in [-0.05, 0) is 30.2 Å². The fraction of sp³-hybridized carbons (Fsp3) is 0.455. The summed E-state index contributed by atoms with van der Waals surface area (Å²) in [6.07, 6.45) is 1.95. The zero-order valence-corrected chi connectivity index (χ0v) is 9.65. The lowest BCUT2D eigenvalue weighted by Crippen LogP contribution is -2.03. The van der Waals surface area contributed by atoms with E-state index in [1.165, 1.54) is 18.2 Å². The summed E-state index contributed by atoms with van der Waals surface area (Å²) >= 11 is 0. The minimum absolute atomic E-state index is 0.327. The third-order valence-electron chi connectivity index (χ3n) is 2.15. The summed E-state index contributed by atoms with van der Waals surface area (Å²) in [6, 6.07) is 4.19. The first-order valence-corrected chi connectivity index (χ1v) is 6.51. The fourth-order valence-electron chi connectivity index (χ4n) is 1.25. The van der Waals surface area contributed by atoms with Crippen molar-refractivity contribution < 1.29 is 8.60 Å². The van der Waals surface area contributed by atoms with Crippen LogP contribution in [0.1, 0.15) is 25.3 Å². The van der Waals surface area contributed by atoms with Crippen molar-refractivity contribution in [3.8, 4) is 0 Å². The van der Waals surface area contributed by atoms with Crippen molar-refractivity contribution in [3.63, 3.8) is 0 Å². The first kappa shape index (κ1) is 12.2. The van der Waals surface area contributed by atoms with Gasteiger partial charge in [-0.3, -0.25) is 4.21 Å². The van der Waals surface area contributed by atoms with Gasteiger partial charge >= 0.3 is 0 Å². The first-order valence-electron chi connectivity index (χ1n) is 5.02. The van der Waals surface area contributed by atoms with Crippen molar-refractivity contribution in [1.82, 2.24) is 0 Å². The maximum Gasteiger partial charge on any atom is 0.123 e. The minimum Gasteiger partial charge on any atom is -0.398 e. The van der Waals surface area contributed by atoms with E-state index < -0.39 is 10.8 Å². The SMILES string of the molecule is CCCCS(=O)Cc1cc(F)ccc1N. The van der Waals surface area contributed by atoms with E-state index >= 15 is 0 Å². The van der Waals surface area contributed by atoms with Gasteiger partial charge in [-0.2, -0.15) is 0 Å². The molecule has 15 heavy (non-hydrogen) atoms. The van der Waals surface area contributed by atoms with Crippen LogP contribution in [0.3, 0.4) is 0 Å². The average Bonchev–Trinajstić information content (AvgIpc) is 2.20. The van der Waals surface area contributed by atoms with Crippen molar-refractivity contribution in [2.24, 2.45) is 0 Å². The van der Waals surface area contributed by atoms with Crippen LogP contribution in [-0.2, 0) is 16.6 Å². The maximum absolute atomic E-state index is 12.9. The molecule has 1 rings (SSSR count). The summed E-state index contributed by atoms with van der Waals surface area (Å²) in [6.45, 7) is 2.05. The third-order valence-corrected chi connectivity index (χ3v) is 3.52. The van der Waals surface area contributed by atoms with Crippen molar-refractivity contribution in [3.05, 3.63) is 29.6 Å². The van der Waals surface area contributed by atoms with Gasteiger partial charge in [0, 0.05) is 22.2 Å². The lowest BCUT2D eigenvalue weighted by atomic mass is 10.2. The van der Waals surface area contributed by atoms with E-state index in [9.17, 15) is 8.60 Å². The Morgan fingerprint density at radius 2 is 2.20 bits per heavy atom. The van der Waals surface area contributed by atoms with Crippen LogP contribution >= 0.6 is 0 Å². The molecule has 1 unspecified atom stereocenters. The van der Waals surface area contributed by atoms with Crippen LogP contribution in [0, 0.1) is 5.82 Å². The van der Waals surface area contributed by atoms with Crippen LogP contribution in [0.2, 0.25) is 0 Å². The molecule has 1 aromatic rings. The molecule has 0 amide bonds. The highest BCUT2D eigenvalue weighted by Crippen LogP contribution is 2.15. The molecule has 0 saturated carbocycles. The van der Waals surface area contributed by atoms with Gasteiger partial charge in [0.05, 0.1) is 5.75 Å². The molecule has 1 aromatic carbocycles. The number of rotatable bonds is 5. The van der Waals surface area contributed by atoms with Crippen LogP contribution < -0.4 is 5.73 Å². The highest BCUT2D eigenvalue weighted by Gasteiger charge is 2.05. The van der Waals surface area contributed by atoms with Crippen LogP contribution in [0.5, 0.6) is 0 Å². The van der Waals surface area contributed by atoms with Crippen molar-refractivity contribution >= 4 is 16.5 Å². The molecule has 0 spiro atoms. The Kier molecular flexibility index (Phi) is 4.75. The van der Waals surface area contributed by atoms with Gasteiger partial charge in [-0.15, -0.1) is 0 Å². The summed E-state index contributed by atoms with van der Waals surface area (Å²) in [4.78, 5) is 0. The Hall–Kier alpha value is -0.900. The summed E-state index contributed by atoms with van der Waals surface area (Å²) < 4.78 is 24.5. The lowest BCUT2D eigenvalue weighted by molar-refractivity contribution is 0.626. The Morgan fingerprint density at radius 3 is 2.87 bits per heavy atom. The number of unbranched alkanes of at least 4 members (excludes halogenated alkanes) is 1. The van der Waals surface area contributed by atoms with Gasteiger partial charge in [0.15, 0.2) is 0 Å². The number of anilines is 1. The van der Waals surface area contributed by atoms with E-state index in [1.54, 1.807) is 0 Å². The number of halogens is 1. The van der Waals surface area contributed by atoms with Crippen LogP contribution in [0.4, 0.5) is 10.1 Å². The molecule has 0 heterocycles. The normalized spacial score (nSPS) is 12.7. The number of hydrogen-bond donors (Lipinski definition) is 1. The second-order valence-corrected chi connectivity index (χ2v) is 5.06. The second-order valence-electron chi connectivity index (χ2n) is 3.48. The molecule has 1 atom stereocenters. The van der Waals surface area contributed by atoms with E-state index in [2.05, 4.69) is 0 Å². The summed E-state index contributed by atoms with van der Waals surface area (Å²) in [5.74, 6) is 0.683. The number of benzene rings is 1. The Labute approximate surface area is 92.1 Å². The van der Waals surface area contributed by atoms with Crippen LogP contribution in [0.25, 0.3) is 0 Å². The maximum atomic E-state index is 12.9. The molecule has 0 aromatic heterocycles. The Bertz CT molecular complexity index is 354. The summed E-state index contributed by atoms with van der Waals surface area (Å²) in [5.41, 5.74) is 6.82. The highest BCUT2D eigenvalue weighted by atomic mass is 32.2. The monoisotopic (exact) mass is 229 g/mol. The largest absolute Gasteiger partial charge is 0.398 e. The van der Waals surface area contributed by atoms with Gasteiger partial charge in [-0.25, -0.2) is 4.39 Å². The summed E-state index contributed by atoms with van der Waals surface area (Å²) in [5, 5.41) is 0. The molecule has 4 heteroatoms. The summed E-state index contributed by atoms with van der Waals surface area (Å²) in [7, 11) is -0.936. The predicted molar refractivity (Wildman–Crippen MR) is 62.4 cm³/mol. The fourth-order valence-corrected chi connectivity index (χ4v) is 2.60. The predicted octanol–water partition coefficient (Wildman–Crippen LogP) is 2.46. The van der Waals surface area contributed by atoms with E-state index in [4.69, 9.17) is 5.73 Å². The van der Waals surface area contributed by atoms with Crippen LogP contribution in [0.15, 0.2) is 18.2 Å². The molecule has 2 nitrogen and oxygen atoms in total. The molecule has 2 N–H and O–H groups in total. The number of nitrogen functional groups attached to an aromatic ring is 1. The average molecular weight is 229 g/mol. The quantitative estimate of drug-likeness (QED) is 0.788. The van der Waals surface area contributed by atoms with Crippen molar-refractivity contribution in [1.29, 1.82) is 0 Å². The van der Waals surface area contributed by atoms with Gasteiger partial charge in [-0.1, -0.05) is 13.3 Å². The molecule has 0 aliphatic carbocycles. The van der Waals surface area contributed by atoms with Gasteiger partial charge in [0.25, 0.3) is 0 Å². The molecule has 0 aliphatic rings. The van der Waals surface area contributed by atoms with Crippen molar-refractivity contribution in [2.45, 2.75) is 25.5 Å². The second kappa shape index (κ2) is 5.85. The lowest BCUT2D eigenvalue weighted by Gasteiger charge is -2.05. The molecule has 0 radical (unpaired) electrons. The van der Waals surface area contributed by atoms with Crippen LogP contribution in [-0.4, -0.2) is 9.96 Å². The highest BCUT2D eigenvalue weighted by molar-refractivity contribution is 7.84. The van der Waals surface area contributed by atoms with E-state index in [0.717, 1.165) is 12.8 Å². The Morgan fingerprint density at radius 1 is 1.47 bits per heavy atom. The van der Waals surface area contributed by atoms with Gasteiger partial charge < -0.3 is 5.73 Å². The minimum atomic E-state index is -0.936. The smallest absolute Gasteiger partial charge is 0.123 e. The molecule has 0 saturated heterocycles. The standard InChI is InChI=1S/C11H16FNOS/c1-2-3-6-15(14)8-9-7-10(12)4-5-11(9)13/h4-5,7H,2-3,6,8,13H2,1H3. The van der Waals surface area contributed by atoms with E-state index in [0.29, 0.717) is 22.8 Å². The molecular weight excluding hydrogens is 213 g/mol. The van der Waals surface area contributed by atoms with E-state index in [-0.39, 0.29) is 5.82 Å². The number of nitrogens with two attached hydrogens (primary N) is 1. The molecule has 0 fully saturated rings. The molecule has 84 valence electrons. The number of hydrogen-bond acceptors (Lipinski definition) is 2. The zero-order valence-electron chi connectivity index (χ0n) is 8.83. The van der Waals surface area contributed by atoms with Crippen molar-refractivity contribution in [2.75, 3.05) is 11.5 Å². The zero-order chi connectivity index (χ0) is 11.3. The van der Waals surface area contributed by atoms with Gasteiger partial charge in [0.2, 0.25) is 0 Å². The third kappa shape index (κ3) is 4.00. The molecule has 0 bridgehead atoms. The molecular formula is C11H16FNOS.